The van der Waals surface area contributed by atoms with E-state index in [0.717, 1.165) is 24.1 Å². The Bertz CT molecular complexity index is 329. The van der Waals surface area contributed by atoms with Gasteiger partial charge in [-0.1, -0.05) is 19.9 Å². The van der Waals surface area contributed by atoms with Gasteiger partial charge in [0.1, 0.15) is 5.78 Å². The predicted molar refractivity (Wildman–Crippen MR) is 61.8 cm³/mol. The molecule has 0 aliphatic carbocycles. The maximum Gasteiger partial charge on any atom is 0.141 e. The van der Waals surface area contributed by atoms with E-state index < -0.39 is 0 Å². The van der Waals surface area contributed by atoms with E-state index >= 15 is 0 Å². The van der Waals surface area contributed by atoms with Crippen molar-refractivity contribution in [2.45, 2.75) is 40.0 Å². The van der Waals surface area contributed by atoms with Crippen molar-refractivity contribution >= 4 is 5.78 Å². The quantitative estimate of drug-likeness (QED) is 0.739. The monoisotopic (exact) mass is 205 g/mol. The summed E-state index contributed by atoms with van der Waals surface area (Å²) in [5.41, 5.74) is 2.03. The van der Waals surface area contributed by atoms with Gasteiger partial charge in [-0.15, -0.1) is 0 Å². The van der Waals surface area contributed by atoms with Crippen molar-refractivity contribution in [3.63, 3.8) is 0 Å². The minimum Gasteiger partial charge on any atom is -0.299 e. The van der Waals surface area contributed by atoms with Crippen molar-refractivity contribution in [3.05, 3.63) is 29.6 Å². The van der Waals surface area contributed by atoms with Crippen molar-refractivity contribution in [1.82, 2.24) is 4.98 Å². The van der Waals surface area contributed by atoms with Crippen LogP contribution in [0.2, 0.25) is 0 Å². The number of hydrogen-bond donors (Lipinski definition) is 0. The van der Waals surface area contributed by atoms with Gasteiger partial charge in [0, 0.05) is 18.5 Å². The Morgan fingerprint density at radius 3 is 2.60 bits per heavy atom. The first-order chi connectivity index (χ1) is 7.19. The molecule has 1 heterocycles. The molecule has 0 aromatic carbocycles. The summed E-state index contributed by atoms with van der Waals surface area (Å²) in [5, 5.41) is 0. The summed E-state index contributed by atoms with van der Waals surface area (Å²) in [6.45, 7) is 6.14. The van der Waals surface area contributed by atoms with Crippen molar-refractivity contribution in [3.8, 4) is 0 Å². The molecule has 0 atom stereocenters. The van der Waals surface area contributed by atoms with Gasteiger partial charge in [0.2, 0.25) is 0 Å². The van der Waals surface area contributed by atoms with Gasteiger partial charge in [0.15, 0.2) is 0 Å². The minimum absolute atomic E-state index is 0.200. The van der Waals surface area contributed by atoms with Gasteiger partial charge in [-0.3, -0.25) is 9.78 Å². The van der Waals surface area contributed by atoms with Crippen molar-refractivity contribution in [2.75, 3.05) is 0 Å². The Morgan fingerprint density at radius 2 is 2.07 bits per heavy atom. The Kier molecular flexibility index (Phi) is 4.47. The van der Waals surface area contributed by atoms with Gasteiger partial charge in [-0.25, -0.2) is 0 Å². The number of carbonyl (C=O) groups excluding carboxylic acids is 1. The zero-order chi connectivity index (χ0) is 11.3. The van der Waals surface area contributed by atoms with Crippen LogP contribution in [-0.4, -0.2) is 10.8 Å². The van der Waals surface area contributed by atoms with Gasteiger partial charge in [-0.2, -0.15) is 0 Å². The summed E-state index contributed by atoms with van der Waals surface area (Å²) >= 11 is 0. The predicted octanol–water partition coefficient (Wildman–Crippen LogP) is 2.94. The van der Waals surface area contributed by atoms with E-state index in [9.17, 15) is 4.79 Å². The van der Waals surface area contributed by atoms with Crippen LogP contribution in [0.1, 0.15) is 37.9 Å². The molecule has 0 radical (unpaired) electrons. The molecule has 1 aromatic rings. The number of aromatic nitrogens is 1. The van der Waals surface area contributed by atoms with E-state index in [0.29, 0.717) is 12.2 Å². The molecule has 0 saturated heterocycles. The minimum atomic E-state index is 0.200. The Morgan fingerprint density at radius 1 is 1.40 bits per heavy atom. The van der Waals surface area contributed by atoms with Crippen LogP contribution >= 0.6 is 0 Å². The summed E-state index contributed by atoms with van der Waals surface area (Å²) in [6.07, 6.45) is 4.10. The molecule has 0 aliphatic rings. The fourth-order valence-electron chi connectivity index (χ4n) is 1.76. The number of carbonyl (C=O) groups is 1. The summed E-state index contributed by atoms with van der Waals surface area (Å²) < 4.78 is 0. The lowest BCUT2D eigenvalue weighted by atomic mass is 9.94. The van der Waals surface area contributed by atoms with Crippen LogP contribution in [0.15, 0.2) is 18.3 Å². The molecule has 1 aromatic heterocycles. The average molecular weight is 205 g/mol. The van der Waals surface area contributed by atoms with E-state index in [2.05, 4.69) is 18.8 Å². The van der Waals surface area contributed by atoms with Crippen molar-refractivity contribution in [2.24, 2.45) is 5.92 Å². The smallest absolute Gasteiger partial charge is 0.141 e. The molecule has 1 rings (SSSR count). The molecule has 2 nitrogen and oxygen atoms in total. The fourth-order valence-corrected chi connectivity index (χ4v) is 1.76. The lowest BCUT2D eigenvalue weighted by molar-refractivity contribution is -0.122. The van der Waals surface area contributed by atoms with Gasteiger partial charge < -0.3 is 0 Å². The Balaban J connectivity index is 2.70. The van der Waals surface area contributed by atoms with E-state index in [1.54, 1.807) is 6.20 Å². The largest absolute Gasteiger partial charge is 0.299 e. The molecule has 0 unspecified atom stereocenters. The third-order valence-electron chi connectivity index (χ3n) is 2.90. The van der Waals surface area contributed by atoms with E-state index in [1.807, 2.05) is 19.1 Å². The summed E-state index contributed by atoms with van der Waals surface area (Å²) in [5.74, 6) is 0.521. The van der Waals surface area contributed by atoms with Gasteiger partial charge in [-0.05, 0) is 31.4 Å². The molecule has 0 amide bonds. The molecule has 0 fully saturated rings. The molecular formula is C13H19NO. The second kappa shape index (κ2) is 5.64. The number of ketones is 1. The molecule has 82 valence electrons. The van der Waals surface area contributed by atoms with Gasteiger partial charge in [0.05, 0.1) is 5.69 Å². The number of Topliss-reactive ketones (excluding diaryl/α,β-unsaturated/α-hetero) is 1. The van der Waals surface area contributed by atoms with E-state index in [4.69, 9.17) is 0 Å². The molecule has 0 saturated carbocycles. The highest BCUT2D eigenvalue weighted by molar-refractivity contribution is 5.83. The first-order valence-electron chi connectivity index (χ1n) is 5.62. The van der Waals surface area contributed by atoms with Crippen molar-refractivity contribution < 1.29 is 4.79 Å². The summed E-state index contributed by atoms with van der Waals surface area (Å²) in [4.78, 5) is 16.1. The SMILES string of the molecule is CCC(CC)C(=O)Cc1ncccc1C. The fraction of sp³-hybridized carbons (Fsp3) is 0.538. The highest BCUT2D eigenvalue weighted by Crippen LogP contribution is 2.13. The van der Waals surface area contributed by atoms with Gasteiger partial charge in [0.25, 0.3) is 0 Å². The standard InChI is InChI=1S/C13H19NO/c1-4-11(5-2)13(15)9-12-10(3)7-6-8-14-12/h6-8,11H,4-5,9H2,1-3H3. The van der Waals surface area contributed by atoms with E-state index in [1.165, 1.54) is 0 Å². The normalized spacial score (nSPS) is 10.7. The maximum atomic E-state index is 11.9. The lowest BCUT2D eigenvalue weighted by Gasteiger charge is -2.11. The number of rotatable bonds is 5. The first kappa shape index (κ1) is 11.9. The lowest BCUT2D eigenvalue weighted by Crippen LogP contribution is -2.16. The Hall–Kier alpha value is -1.18. The highest BCUT2D eigenvalue weighted by Gasteiger charge is 2.15. The first-order valence-corrected chi connectivity index (χ1v) is 5.62. The van der Waals surface area contributed by atoms with Crippen LogP contribution in [0.25, 0.3) is 0 Å². The zero-order valence-corrected chi connectivity index (χ0v) is 9.79. The number of hydrogen-bond acceptors (Lipinski definition) is 2. The molecule has 15 heavy (non-hydrogen) atoms. The number of nitrogens with zero attached hydrogens (tertiary/aromatic N) is 1. The second-order valence-electron chi connectivity index (χ2n) is 3.92. The molecule has 0 aliphatic heterocycles. The molecule has 0 bridgehead atoms. The van der Waals surface area contributed by atoms with Crippen LogP contribution in [0, 0.1) is 12.8 Å². The topological polar surface area (TPSA) is 30.0 Å². The molecule has 0 spiro atoms. The van der Waals surface area contributed by atoms with Crippen molar-refractivity contribution in [1.29, 1.82) is 0 Å². The molecule has 2 heteroatoms. The second-order valence-corrected chi connectivity index (χ2v) is 3.92. The van der Waals surface area contributed by atoms with Crippen LogP contribution in [-0.2, 0) is 11.2 Å². The summed E-state index contributed by atoms with van der Waals surface area (Å²) in [6, 6.07) is 3.91. The maximum absolute atomic E-state index is 11.9. The average Bonchev–Trinajstić information content (AvgIpc) is 2.23. The molecular weight excluding hydrogens is 186 g/mol. The highest BCUT2D eigenvalue weighted by atomic mass is 16.1. The zero-order valence-electron chi connectivity index (χ0n) is 9.79. The number of pyridine rings is 1. The van der Waals surface area contributed by atoms with Crippen LogP contribution in [0.4, 0.5) is 0 Å². The van der Waals surface area contributed by atoms with E-state index in [-0.39, 0.29) is 5.92 Å². The summed E-state index contributed by atoms with van der Waals surface area (Å²) in [7, 11) is 0. The van der Waals surface area contributed by atoms with Crippen LogP contribution in [0.3, 0.4) is 0 Å². The van der Waals surface area contributed by atoms with Gasteiger partial charge >= 0.3 is 0 Å². The molecule has 0 N–H and O–H groups in total. The Labute approximate surface area is 91.7 Å². The van der Waals surface area contributed by atoms with Crippen LogP contribution in [0.5, 0.6) is 0 Å². The van der Waals surface area contributed by atoms with Crippen LogP contribution < -0.4 is 0 Å². The third-order valence-corrected chi connectivity index (χ3v) is 2.90. The number of aryl methyl sites for hydroxylation is 1. The third kappa shape index (κ3) is 3.15.